The second-order valence-corrected chi connectivity index (χ2v) is 6.14. The molecule has 6 heteroatoms. The maximum Gasteiger partial charge on any atom is 0.338 e. The van der Waals surface area contributed by atoms with E-state index in [9.17, 15) is 4.79 Å². The monoisotopic (exact) mass is 388 g/mol. The van der Waals surface area contributed by atoms with E-state index in [-0.39, 0.29) is 12.2 Å². The Bertz CT molecular complexity index is 1120. The van der Waals surface area contributed by atoms with Crippen molar-refractivity contribution in [3.05, 3.63) is 88.1 Å². The quantitative estimate of drug-likeness (QED) is 0.432. The molecule has 0 unspecified atom stereocenters. The van der Waals surface area contributed by atoms with Crippen molar-refractivity contribution in [1.82, 2.24) is 0 Å². The van der Waals surface area contributed by atoms with E-state index >= 15 is 0 Å². The molecule has 0 aliphatic carbocycles. The maximum absolute atomic E-state index is 12.4. The molecule has 0 spiro atoms. The molecule has 28 heavy (non-hydrogen) atoms. The average Bonchev–Trinajstić information content (AvgIpc) is 3.20. The molecule has 5 nitrogen and oxygen atoms in total. The second kappa shape index (κ2) is 8.73. The molecular formula is C22H13ClN2O3. The Labute approximate surface area is 166 Å². The van der Waals surface area contributed by atoms with Crippen LogP contribution in [0, 0.1) is 22.7 Å². The number of halogens is 1. The lowest BCUT2D eigenvalue weighted by molar-refractivity contribution is 0.0473. The highest BCUT2D eigenvalue weighted by Crippen LogP contribution is 2.25. The molecule has 0 aliphatic heterocycles. The van der Waals surface area contributed by atoms with Crippen LogP contribution in [0.1, 0.15) is 21.7 Å². The number of nitriles is 2. The molecule has 1 aromatic heterocycles. The zero-order chi connectivity index (χ0) is 19.9. The van der Waals surface area contributed by atoms with Gasteiger partial charge >= 0.3 is 5.97 Å². The lowest BCUT2D eigenvalue weighted by Gasteiger charge is -2.07. The predicted molar refractivity (Wildman–Crippen MR) is 104 cm³/mol. The lowest BCUT2D eigenvalue weighted by Crippen LogP contribution is -2.05. The molecule has 2 aromatic carbocycles. The Morgan fingerprint density at radius 1 is 1.07 bits per heavy atom. The Morgan fingerprint density at radius 3 is 2.61 bits per heavy atom. The molecule has 0 N–H and O–H groups in total. The van der Waals surface area contributed by atoms with E-state index in [1.54, 1.807) is 66.7 Å². The van der Waals surface area contributed by atoms with Gasteiger partial charge < -0.3 is 9.15 Å². The summed E-state index contributed by atoms with van der Waals surface area (Å²) in [5, 5.41) is 18.2. The first-order valence-electron chi connectivity index (χ1n) is 8.23. The van der Waals surface area contributed by atoms with Crippen molar-refractivity contribution < 1.29 is 13.9 Å². The van der Waals surface area contributed by atoms with Gasteiger partial charge in [-0.05, 0) is 30.3 Å². The average molecular weight is 389 g/mol. The molecule has 0 saturated heterocycles. The number of nitrogens with zero attached hydrogens (tertiary/aromatic N) is 2. The van der Waals surface area contributed by atoms with Gasteiger partial charge in [-0.25, -0.2) is 4.79 Å². The van der Waals surface area contributed by atoms with Crippen molar-refractivity contribution in [3.8, 4) is 23.5 Å². The first-order valence-corrected chi connectivity index (χ1v) is 8.61. The molecule has 0 fully saturated rings. The van der Waals surface area contributed by atoms with Gasteiger partial charge in [-0.15, -0.1) is 0 Å². The molecule has 3 rings (SSSR count). The van der Waals surface area contributed by atoms with Crippen molar-refractivity contribution in [2.45, 2.75) is 6.61 Å². The van der Waals surface area contributed by atoms with Gasteiger partial charge in [0.2, 0.25) is 0 Å². The number of carbonyl (C=O) groups excluding carboxylic acids is 1. The van der Waals surface area contributed by atoms with E-state index < -0.39 is 5.97 Å². The summed E-state index contributed by atoms with van der Waals surface area (Å²) in [6.45, 7) is 0.0729. The molecule has 0 bridgehead atoms. The normalized spacial score (nSPS) is 9.82. The second-order valence-electron chi connectivity index (χ2n) is 5.73. The number of carbonyl (C=O) groups is 1. The predicted octanol–water partition coefficient (Wildman–Crippen LogP) is 5.39. The molecule has 0 saturated carbocycles. The highest BCUT2D eigenvalue weighted by molar-refractivity contribution is 6.31. The Kier molecular flexibility index (Phi) is 5.91. The van der Waals surface area contributed by atoms with Crippen LogP contribution in [-0.4, -0.2) is 5.97 Å². The van der Waals surface area contributed by atoms with Crippen LogP contribution >= 0.6 is 11.6 Å². The summed E-state index contributed by atoms with van der Waals surface area (Å²) in [6.07, 6.45) is 1.35. The van der Waals surface area contributed by atoms with Crippen molar-refractivity contribution >= 4 is 23.6 Å². The fraction of sp³-hybridized carbons (Fsp3) is 0.0455. The summed E-state index contributed by atoms with van der Waals surface area (Å²) >= 11 is 6.07. The minimum Gasteiger partial charge on any atom is -0.457 e. The largest absolute Gasteiger partial charge is 0.457 e. The minimum atomic E-state index is -0.482. The molecule has 0 amide bonds. The summed E-state index contributed by atoms with van der Waals surface area (Å²) in [4.78, 5) is 12.4. The molecule has 1 heterocycles. The number of rotatable bonds is 5. The van der Waals surface area contributed by atoms with Gasteiger partial charge in [-0.2, -0.15) is 10.5 Å². The van der Waals surface area contributed by atoms with Gasteiger partial charge in [0.25, 0.3) is 0 Å². The Hall–Kier alpha value is -3.80. The van der Waals surface area contributed by atoms with Crippen LogP contribution in [0.15, 0.2) is 70.7 Å². The summed E-state index contributed by atoms with van der Waals surface area (Å²) in [6, 6.07) is 20.8. The molecule has 0 atom stereocenters. The van der Waals surface area contributed by atoms with E-state index in [1.807, 2.05) is 6.07 Å². The number of hydrogen-bond acceptors (Lipinski definition) is 5. The van der Waals surface area contributed by atoms with E-state index in [4.69, 9.17) is 31.3 Å². The first-order chi connectivity index (χ1) is 13.6. The number of ether oxygens (including phenoxy) is 1. The SMILES string of the molecule is N#CC(C#N)=Cc1ccc(-c2cccc(C(=O)OCc3ccccc3Cl)c2)o1. The number of furan rings is 1. The van der Waals surface area contributed by atoms with Gasteiger partial charge in [0.15, 0.2) is 0 Å². The van der Waals surface area contributed by atoms with E-state index in [0.29, 0.717) is 27.7 Å². The van der Waals surface area contributed by atoms with E-state index in [1.165, 1.54) is 6.08 Å². The summed E-state index contributed by atoms with van der Waals surface area (Å²) in [5.74, 6) is 0.395. The van der Waals surface area contributed by atoms with Gasteiger partial charge in [0, 0.05) is 22.2 Å². The number of hydrogen-bond donors (Lipinski definition) is 0. The highest BCUT2D eigenvalue weighted by Gasteiger charge is 2.12. The maximum atomic E-state index is 12.4. The van der Waals surface area contributed by atoms with Crippen LogP contribution in [0.25, 0.3) is 17.4 Å². The van der Waals surface area contributed by atoms with Crippen LogP contribution in [-0.2, 0) is 11.3 Å². The van der Waals surface area contributed by atoms with E-state index in [2.05, 4.69) is 0 Å². The molecule has 136 valence electrons. The number of allylic oxidation sites excluding steroid dienone is 1. The van der Waals surface area contributed by atoms with Crippen LogP contribution in [0.5, 0.6) is 0 Å². The van der Waals surface area contributed by atoms with Gasteiger partial charge in [0.1, 0.15) is 35.8 Å². The van der Waals surface area contributed by atoms with Gasteiger partial charge in [-0.1, -0.05) is 41.9 Å². The Balaban J connectivity index is 1.76. The standard InChI is InChI=1S/C22H13ClN2O3/c23-20-7-2-1-4-18(20)14-27-22(26)17-6-3-5-16(11-17)21-9-8-19(28-21)10-15(12-24)13-25/h1-11H,14H2. The smallest absolute Gasteiger partial charge is 0.338 e. The first kappa shape index (κ1) is 19.0. The lowest BCUT2D eigenvalue weighted by atomic mass is 10.1. The number of esters is 1. The Morgan fingerprint density at radius 2 is 1.86 bits per heavy atom. The summed E-state index contributed by atoms with van der Waals surface area (Å²) < 4.78 is 11.0. The highest BCUT2D eigenvalue weighted by atomic mass is 35.5. The van der Waals surface area contributed by atoms with E-state index in [0.717, 1.165) is 5.56 Å². The third-order valence-corrected chi connectivity index (χ3v) is 4.22. The van der Waals surface area contributed by atoms with Crippen LogP contribution in [0.3, 0.4) is 0 Å². The zero-order valence-corrected chi connectivity index (χ0v) is 15.3. The summed E-state index contributed by atoms with van der Waals surface area (Å²) in [7, 11) is 0. The van der Waals surface area contributed by atoms with Crippen LogP contribution < -0.4 is 0 Å². The molecule has 3 aromatic rings. The van der Waals surface area contributed by atoms with Crippen LogP contribution in [0.4, 0.5) is 0 Å². The van der Waals surface area contributed by atoms with Crippen molar-refractivity contribution in [3.63, 3.8) is 0 Å². The van der Waals surface area contributed by atoms with Gasteiger partial charge in [-0.3, -0.25) is 0 Å². The third kappa shape index (κ3) is 4.48. The minimum absolute atomic E-state index is 0.0576. The molecular weight excluding hydrogens is 376 g/mol. The fourth-order valence-electron chi connectivity index (χ4n) is 2.46. The summed E-state index contributed by atoms with van der Waals surface area (Å²) in [5.41, 5.74) is 1.70. The van der Waals surface area contributed by atoms with Crippen LogP contribution in [0.2, 0.25) is 5.02 Å². The zero-order valence-electron chi connectivity index (χ0n) is 14.6. The number of benzene rings is 2. The van der Waals surface area contributed by atoms with Gasteiger partial charge in [0.05, 0.1) is 5.56 Å². The van der Waals surface area contributed by atoms with Crippen molar-refractivity contribution in [1.29, 1.82) is 10.5 Å². The third-order valence-electron chi connectivity index (χ3n) is 3.85. The molecule has 0 aliphatic rings. The van der Waals surface area contributed by atoms with Crippen molar-refractivity contribution in [2.24, 2.45) is 0 Å². The fourth-order valence-corrected chi connectivity index (χ4v) is 2.65. The van der Waals surface area contributed by atoms with Crippen molar-refractivity contribution in [2.75, 3.05) is 0 Å². The molecule has 0 radical (unpaired) electrons. The topological polar surface area (TPSA) is 87.0 Å².